The largest absolute Gasteiger partial charge is 0.339 e. The van der Waals surface area contributed by atoms with Crippen LogP contribution in [0.4, 0.5) is 0 Å². The molecule has 0 aromatic rings. The molecule has 0 aromatic heterocycles. The molecule has 0 aliphatic carbocycles. The first kappa shape index (κ1) is 12.9. The summed E-state index contributed by atoms with van der Waals surface area (Å²) in [5.41, 5.74) is 0. The zero-order chi connectivity index (χ0) is 12.4. The molecular weight excluding hydrogens is 212 g/mol. The highest BCUT2D eigenvalue weighted by atomic mass is 16.2. The minimum Gasteiger partial charge on any atom is -0.339 e. The first-order valence-corrected chi connectivity index (χ1v) is 7.10. The molecule has 2 aliphatic rings. The van der Waals surface area contributed by atoms with Gasteiger partial charge in [-0.3, -0.25) is 4.79 Å². The number of rotatable bonds is 2. The molecule has 2 heterocycles. The smallest absolute Gasteiger partial charge is 0.226 e. The number of carbonyl (C=O) groups is 1. The van der Waals surface area contributed by atoms with Crippen LogP contribution in [0.15, 0.2) is 0 Å². The van der Waals surface area contributed by atoms with Crippen LogP contribution in [0.1, 0.15) is 40.0 Å². The molecule has 0 spiro atoms. The first-order valence-electron chi connectivity index (χ1n) is 7.10. The van der Waals surface area contributed by atoms with E-state index in [1.807, 2.05) is 0 Å². The van der Waals surface area contributed by atoms with E-state index < -0.39 is 0 Å². The van der Waals surface area contributed by atoms with Crippen molar-refractivity contribution in [2.75, 3.05) is 19.6 Å². The highest BCUT2D eigenvalue weighted by Crippen LogP contribution is 2.25. The van der Waals surface area contributed by atoms with Gasteiger partial charge in [-0.05, 0) is 44.7 Å². The molecule has 1 amide bonds. The Morgan fingerprint density at radius 1 is 1.29 bits per heavy atom. The second-order valence-electron chi connectivity index (χ2n) is 6.08. The molecule has 2 saturated heterocycles. The second kappa shape index (κ2) is 5.38. The fraction of sp³-hybridized carbons (Fsp3) is 0.929. The zero-order valence-electron chi connectivity index (χ0n) is 11.4. The molecule has 2 rings (SSSR count). The van der Waals surface area contributed by atoms with Crippen molar-refractivity contribution >= 4 is 5.91 Å². The van der Waals surface area contributed by atoms with Crippen molar-refractivity contribution in [1.29, 1.82) is 0 Å². The summed E-state index contributed by atoms with van der Waals surface area (Å²) in [6.45, 7) is 9.59. The van der Waals surface area contributed by atoms with E-state index in [1.54, 1.807) is 0 Å². The van der Waals surface area contributed by atoms with E-state index >= 15 is 0 Å². The van der Waals surface area contributed by atoms with E-state index in [2.05, 4.69) is 31.0 Å². The average Bonchev–Trinajstić information content (AvgIpc) is 2.37. The Balaban J connectivity index is 1.99. The Morgan fingerprint density at radius 2 is 2.00 bits per heavy atom. The molecule has 0 radical (unpaired) electrons. The van der Waals surface area contributed by atoms with Crippen LogP contribution in [0, 0.1) is 17.8 Å². The summed E-state index contributed by atoms with van der Waals surface area (Å²) in [6.07, 6.45) is 3.71. The Morgan fingerprint density at radius 3 is 2.59 bits per heavy atom. The summed E-state index contributed by atoms with van der Waals surface area (Å²) in [5, 5.41) is 3.26. The Labute approximate surface area is 105 Å². The van der Waals surface area contributed by atoms with Gasteiger partial charge in [0.2, 0.25) is 5.91 Å². The molecule has 2 aliphatic heterocycles. The van der Waals surface area contributed by atoms with Crippen molar-refractivity contribution < 1.29 is 4.79 Å². The number of carbonyl (C=O) groups excluding carboxylic acids is 1. The fourth-order valence-electron chi connectivity index (χ4n) is 2.96. The van der Waals surface area contributed by atoms with Crippen LogP contribution in [-0.2, 0) is 4.79 Å². The van der Waals surface area contributed by atoms with Crippen LogP contribution in [0.5, 0.6) is 0 Å². The van der Waals surface area contributed by atoms with Gasteiger partial charge in [-0.25, -0.2) is 0 Å². The standard InChI is InChI=1S/C14H26N2O/c1-10-5-4-6-11(2)16(9-10)14(17)12(3)13-7-15-8-13/h10-13,15H,4-9H2,1-3H3. The number of hydrogen-bond donors (Lipinski definition) is 1. The number of nitrogens with zero attached hydrogens (tertiary/aromatic N) is 1. The van der Waals surface area contributed by atoms with Crippen LogP contribution >= 0.6 is 0 Å². The van der Waals surface area contributed by atoms with E-state index in [9.17, 15) is 4.79 Å². The van der Waals surface area contributed by atoms with Crippen LogP contribution in [0.2, 0.25) is 0 Å². The van der Waals surface area contributed by atoms with Gasteiger partial charge in [-0.2, -0.15) is 0 Å². The molecule has 3 atom stereocenters. The zero-order valence-corrected chi connectivity index (χ0v) is 11.4. The first-order chi connectivity index (χ1) is 8.09. The van der Waals surface area contributed by atoms with Crippen molar-refractivity contribution in [3.05, 3.63) is 0 Å². The lowest BCUT2D eigenvalue weighted by molar-refractivity contribution is -0.139. The van der Waals surface area contributed by atoms with Gasteiger partial charge in [0.25, 0.3) is 0 Å². The van der Waals surface area contributed by atoms with E-state index in [0.29, 0.717) is 23.8 Å². The summed E-state index contributed by atoms with van der Waals surface area (Å²) >= 11 is 0. The number of amides is 1. The normalized spacial score (nSPS) is 32.8. The Kier molecular flexibility index (Phi) is 4.08. The molecule has 0 aromatic carbocycles. The highest BCUT2D eigenvalue weighted by Gasteiger charge is 2.34. The number of nitrogens with one attached hydrogen (secondary N) is 1. The van der Waals surface area contributed by atoms with Crippen molar-refractivity contribution in [3.63, 3.8) is 0 Å². The molecule has 3 nitrogen and oxygen atoms in total. The molecule has 17 heavy (non-hydrogen) atoms. The van der Waals surface area contributed by atoms with Gasteiger partial charge >= 0.3 is 0 Å². The quantitative estimate of drug-likeness (QED) is 0.796. The summed E-state index contributed by atoms with van der Waals surface area (Å²) < 4.78 is 0. The minimum atomic E-state index is 0.198. The maximum atomic E-state index is 12.5. The summed E-state index contributed by atoms with van der Waals surface area (Å²) in [6, 6.07) is 0.433. The maximum absolute atomic E-state index is 12.5. The molecule has 2 fully saturated rings. The van der Waals surface area contributed by atoms with Gasteiger partial charge in [0.05, 0.1) is 0 Å². The predicted octanol–water partition coefficient (Wildman–Crippen LogP) is 1.88. The van der Waals surface area contributed by atoms with E-state index in [0.717, 1.165) is 19.6 Å². The molecule has 3 heteroatoms. The van der Waals surface area contributed by atoms with Crippen molar-refractivity contribution in [3.8, 4) is 0 Å². The topological polar surface area (TPSA) is 32.3 Å². The molecule has 0 bridgehead atoms. The van der Waals surface area contributed by atoms with Gasteiger partial charge in [-0.1, -0.05) is 20.3 Å². The summed E-state index contributed by atoms with van der Waals surface area (Å²) in [5.74, 6) is 1.81. The van der Waals surface area contributed by atoms with Gasteiger partial charge in [0.1, 0.15) is 0 Å². The van der Waals surface area contributed by atoms with E-state index in [-0.39, 0.29) is 5.92 Å². The van der Waals surface area contributed by atoms with Crippen LogP contribution in [0.25, 0.3) is 0 Å². The van der Waals surface area contributed by atoms with Gasteiger partial charge in [-0.15, -0.1) is 0 Å². The molecule has 98 valence electrons. The third kappa shape index (κ3) is 2.82. The van der Waals surface area contributed by atoms with Gasteiger partial charge in [0, 0.05) is 18.5 Å². The monoisotopic (exact) mass is 238 g/mol. The Bertz CT molecular complexity index is 275. The van der Waals surface area contributed by atoms with Gasteiger partial charge in [0.15, 0.2) is 0 Å². The fourth-order valence-corrected chi connectivity index (χ4v) is 2.96. The van der Waals surface area contributed by atoms with E-state index in [1.165, 1.54) is 19.3 Å². The predicted molar refractivity (Wildman–Crippen MR) is 69.7 cm³/mol. The third-order valence-electron chi connectivity index (χ3n) is 4.55. The van der Waals surface area contributed by atoms with Crippen LogP contribution < -0.4 is 5.32 Å². The van der Waals surface area contributed by atoms with Crippen LogP contribution in [0.3, 0.4) is 0 Å². The molecular formula is C14H26N2O. The minimum absolute atomic E-state index is 0.198. The lowest BCUT2D eigenvalue weighted by atomic mass is 9.87. The lowest BCUT2D eigenvalue weighted by Gasteiger charge is -2.37. The average molecular weight is 238 g/mol. The van der Waals surface area contributed by atoms with Crippen molar-refractivity contribution in [2.45, 2.75) is 46.1 Å². The Hall–Kier alpha value is -0.570. The molecule has 3 unspecified atom stereocenters. The van der Waals surface area contributed by atoms with E-state index in [4.69, 9.17) is 0 Å². The SMILES string of the molecule is CC1CCCC(C)N(C(=O)C(C)C2CNC2)C1. The number of hydrogen-bond acceptors (Lipinski definition) is 2. The van der Waals surface area contributed by atoms with Gasteiger partial charge < -0.3 is 10.2 Å². The molecule has 1 N–H and O–H groups in total. The molecule has 0 saturated carbocycles. The van der Waals surface area contributed by atoms with Crippen molar-refractivity contribution in [1.82, 2.24) is 10.2 Å². The lowest BCUT2D eigenvalue weighted by Crippen LogP contribution is -2.52. The number of likely N-dealkylation sites (tertiary alicyclic amines) is 1. The van der Waals surface area contributed by atoms with Crippen LogP contribution in [-0.4, -0.2) is 36.5 Å². The third-order valence-corrected chi connectivity index (χ3v) is 4.55. The summed E-state index contributed by atoms with van der Waals surface area (Å²) in [4.78, 5) is 14.7. The highest BCUT2D eigenvalue weighted by molar-refractivity contribution is 5.79. The summed E-state index contributed by atoms with van der Waals surface area (Å²) in [7, 11) is 0. The van der Waals surface area contributed by atoms with Crippen molar-refractivity contribution in [2.24, 2.45) is 17.8 Å². The maximum Gasteiger partial charge on any atom is 0.226 e. The second-order valence-corrected chi connectivity index (χ2v) is 6.08.